The van der Waals surface area contributed by atoms with Crippen LogP contribution in [0.25, 0.3) is 10.9 Å². The third-order valence-electron chi connectivity index (χ3n) is 3.76. The molecule has 126 valence electrons. The third kappa shape index (κ3) is 2.97. The van der Waals surface area contributed by atoms with E-state index in [1.54, 1.807) is 24.3 Å². The highest BCUT2D eigenvalue weighted by Crippen LogP contribution is 2.32. The number of rotatable bonds is 4. The van der Waals surface area contributed by atoms with E-state index in [2.05, 4.69) is 10.2 Å². The summed E-state index contributed by atoms with van der Waals surface area (Å²) in [4.78, 5) is 22.7. The lowest BCUT2D eigenvalue weighted by Gasteiger charge is -2.10. The number of hydrogen-bond acceptors (Lipinski definition) is 6. The number of non-ortho nitro benzene ring substituents is 1. The van der Waals surface area contributed by atoms with Crippen molar-refractivity contribution in [1.29, 1.82) is 0 Å². The second kappa shape index (κ2) is 6.52. The van der Waals surface area contributed by atoms with Gasteiger partial charge in [0.2, 0.25) is 0 Å². The number of aromatic nitrogens is 1. The fourth-order valence-corrected chi connectivity index (χ4v) is 2.53. The Labute approximate surface area is 141 Å². The van der Waals surface area contributed by atoms with Crippen LogP contribution in [0, 0.1) is 10.1 Å². The van der Waals surface area contributed by atoms with Gasteiger partial charge in [0.15, 0.2) is 11.4 Å². The molecule has 0 aliphatic carbocycles. The van der Waals surface area contributed by atoms with Gasteiger partial charge in [-0.15, -0.1) is 5.11 Å². The van der Waals surface area contributed by atoms with Gasteiger partial charge in [-0.1, -0.05) is 12.1 Å². The predicted octanol–water partition coefficient (Wildman–Crippen LogP) is 4.05. The number of benzene rings is 2. The predicted molar refractivity (Wildman–Crippen MR) is 92.8 cm³/mol. The topological polar surface area (TPSA) is 110 Å². The molecule has 0 aliphatic rings. The molecule has 8 heteroatoms. The monoisotopic (exact) mass is 338 g/mol. The van der Waals surface area contributed by atoms with Gasteiger partial charge < -0.3 is 9.67 Å². The minimum Gasteiger partial charge on any atom is -0.505 e. The lowest BCUT2D eigenvalue weighted by Crippen LogP contribution is -2.19. The van der Waals surface area contributed by atoms with Crippen molar-refractivity contribution in [3.63, 3.8) is 0 Å². The molecular weight excluding hydrogens is 324 g/mol. The lowest BCUT2D eigenvalue weighted by atomic mass is 10.2. The molecule has 0 aliphatic heterocycles. The maximum Gasteiger partial charge on any atom is 0.282 e. The Morgan fingerprint density at radius 2 is 1.80 bits per heavy atom. The number of nitro benzene ring substituents is 1. The van der Waals surface area contributed by atoms with Crippen LogP contribution in [0.1, 0.15) is 6.92 Å². The number of nitrogens with zero attached hydrogens (tertiary/aromatic N) is 4. The van der Waals surface area contributed by atoms with E-state index in [4.69, 9.17) is 0 Å². The summed E-state index contributed by atoms with van der Waals surface area (Å²) in [6, 6.07) is 12.4. The number of pyridine rings is 1. The average molecular weight is 338 g/mol. The summed E-state index contributed by atoms with van der Waals surface area (Å²) < 4.78 is 1.50. The van der Waals surface area contributed by atoms with Crippen LogP contribution in [0.3, 0.4) is 0 Å². The smallest absolute Gasteiger partial charge is 0.282 e. The Morgan fingerprint density at radius 3 is 2.44 bits per heavy atom. The molecule has 8 nitrogen and oxygen atoms in total. The number of para-hydroxylation sites is 1. The van der Waals surface area contributed by atoms with E-state index < -0.39 is 10.5 Å². The summed E-state index contributed by atoms with van der Waals surface area (Å²) in [7, 11) is 0. The normalized spacial score (nSPS) is 11.2. The molecule has 0 atom stereocenters. The van der Waals surface area contributed by atoms with Crippen LogP contribution < -0.4 is 5.56 Å². The molecule has 0 saturated heterocycles. The van der Waals surface area contributed by atoms with Crippen molar-refractivity contribution in [2.75, 3.05) is 0 Å². The lowest BCUT2D eigenvalue weighted by molar-refractivity contribution is -0.384. The van der Waals surface area contributed by atoms with E-state index in [-0.39, 0.29) is 17.1 Å². The fourth-order valence-electron chi connectivity index (χ4n) is 2.53. The first kappa shape index (κ1) is 16.3. The van der Waals surface area contributed by atoms with E-state index in [9.17, 15) is 20.0 Å². The summed E-state index contributed by atoms with van der Waals surface area (Å²) >= 11 is 0. The first-order valence-electron chi connectivity index (χ1n) is 7.53. The van der Waals surface area contributed by atoms with Gasteiger partial charge >= 0.3 is 0 Å². The molecule has 2 aromatic carbocycles. The third-order valence-corrected chi connectivity index (χ3v) is 3.76. The maximum atomic E-state index is 12.6. The molecule has 0 spiro atoms. The first-order chi connectivity index (χ1) is 12.0. The zero-order valence-electron chi connectivity index (χ0n) is 13.3. The van der Waals surface area contributed by atoms with Gasteiger partial charge in [-0.2, -0.15) is 5.11 Å². The summed E-state index contributed by atoms with van der Waals surface area (Å²) in [5.41, 5.74) is 0.256. The second-order valence-electron chi connectivity index (χ2n) is 5.24. The quantitative estimate of drug-likeness (QED) is 0.439. The number of hydrogen-bond donors (Lipinski definition) is 1. The van der Waals surface area contributed by atoms with Crippen molar-refractivity contribution in [2.45, 2.75) is 13.5 Å². The van der Waals surface area contributed by atoms with Crippen molar-refractivity contribution < 1.29 is 10.0 Å². The average Bonchev–Trinajstić information content (AvgIpc) is 2.62. The van der Waals surface area contributed by atoms with Crippen molar-refractivity contribution in [3.8, 4) is 5.75 Å². The van der Waals surface area contributed by atoms with Crippen LogP contribution >= 0.6 is 0 Å². The van der Waals surface area contributed by atoms with Gasteiger partial charge in [-0.25, -0.2) is 0 Å². The Hall–Kier alpha value is -3.55. The molecule has 3 rings (SSSR count). The van der Waals surface area contributed by atoms with Crippen molar-refractivity contribution >= 4 is 28.0 Å². The molecule has 0 saturated carbocycles. The molecule has 0 amide bonds. The van der Waals surface area contributed by atoms with Crippen LogP contribution in [0.4, 0.5) is 17.1 Å². The summed E-state index contributed by atoms with van der Waals surface area (Å²) in [6.45, 7) is 2.24. The molecular formula is C17H14N4O4. The molecule has 25 heavy (non-hydrogen) atoms. The van der Waals surface area contributed by atoms with Crippen molar-refractivity contribution in [3.05, 3.63) is 69.0 Å². The largest absolute Gasteiger partial charge is 0.505 e. The number of aryl methyl sites for hydroxylation is 1. The molecule has 1 N–H and O–H groups in total. The number of aromatic hydroxyl groups is 1. The van der Waals surface area contributed by atoms with Gasteiger partial charge in [-0.05, 0) is 31.2 Å². The number of nitro groups is 1. The van der Waals surface area contributed by atoms with Crippen molar-refractivity contribution in [2.24, 2.45) is 10.2 Å². The van der Waals surface area contributed by atoms with Gasteiger partial charge in [0.25, 0.3) is 11.2 Å². The Bertz CT molecular complexity index is 1040. The number of fused-ring (bicyclic) bond motifs is 1. The first-order valence-corrected chi connectivity index (χ1v) is 7.53. The van der Waals surface area contributed by atoms with Crippen LogP contribution in [0.2, 0.25) is 0 Å². The van der Waals surface area contributed by atoms with Gasteiger partial charge in [0, 0.05) is 24.1 Å². The van der Waals surface area contributed by atoms with Crippen LogP contribution in [-0.2, 0) is 6.54 Å². The fraction of sp³-hybridized carbons (Fsp3) is 0.118. The minimum atomic E-state index is -0.518. The molecule has 1 heterocycles. The van der Waals surface area contributed by atoms with Crippen LogP contribution in [-0.4, -0.2) is 14.6 Å². The standard InChI is InChI=1S/C17H14N4O4/c1-2-20-14-6-4-3-5-13(14)16(22)15(17(20)23)19-18-11-7-9-12(10-8-11)21(24)25/h3-10,22H,2H2,1H3. The maximum absolute atomic E-state index is 12.6. The Balaban J connectivity index is 2.09. The molecule has 3 aromatic rings. The highest BCUT2D eigenvalue weighted by Gasteiger charge is 2.15. The van der Waals surface area contributed by atoms with E-state index in [0.29, 0.717) is 23.1 Å². The van der Waals surface area contributed by atoms with Gasteiger partial charge in [0.05, 0.1) is 16.1 Å². The molecule has 0 bridgehead atoms. The Morgan fingerprint density at radius 1 is 1.12 bits per heavy atom. The van der Waals surface area contributed by atoms with Crippen LogP contribution in [0.5, 0.6) is 5.75 Å². The number of azo groups is 1. The molecule has 1 aromatic heterocycles. The Kier molecular flexibility index (Phi) is 4.25. The summed E-state index contributed by atoms with van der Waals surface area (Å²) in [5.74, 6) is -0.240. The van der Waals surface area contributed by atoms with E-state index in [1.165, 1.54) is 28.8 Å². The summed E-state index contributed by atoms with van der Waals surface area (Å²) in [6.07, 6.45) is 0. The second-order valence-corrected chi connectivity index (χ2v) is 5.24. The van der Waals surface area contributed by atoms with E-state index >= 15 is 0 Å². The van der Waals surface area contributed by atoms with Crippen LogP contribution in [0.15, 0.2) is 63.6 Å². The highest BCUT2D eigenvalue weighted by atomic mass is 16.6. The summed E-state index contributed by atoms with van der Waals surface area (Å²) in [5, 5.41) is 29.3. The zero-order chi connectivity index (χ0) is 18.0. The van der Waals surface area contributed by atoms with Gasteiger partial charge in [0.1, 0.15) is 0 Å². The molecule has 0 unspecified atom stereocenters. The highest BCUT2D eigenvalue weighted by molar-refractivity contribution is 5.89. The van der Waals surface area contributed by atoms with Crippen molar-refractivity contribution in [1.82, 2.24) is 4.57 Å². The minimum absolute atomic E-state index is 0.0687. The van der Waals surface area contributed by atoms with E-state index in [1.807, 2.05) is 6.92 Å². The van der Waals surface area contributed by atoms with E-state index in [0.717, 1.165) is 0 Å². The SMILES string of the molecule is CCn1c(=O)c(N=Nc2ccc([N+](=O)[O-])cc2)c(O)c2ccccc21. The zero-order valence-corrected chi connectivity index (χ0v) is 13.3. The molecule has 0 radical (unpaired) electrons. The molecule has 0 fully saturated rings. The van der Waals surface area contributed by atoms with Gasteiger partial charge in [-0.3, -0.25) is 14.9 Å².